The lowest BCUT2D eigenvalue weighted by Crippen LogP contribution is -2.60. The number of hydrogen-bond acceptors (Lipinski definition) is 10. The van der Waals surface area contributed by atoms with E-state index in [0.29, 0.717) is 35.2 Å². The molecule has 2 amide bonds. The van der Waals surface area contributed by atoms with E-state index in [1.165, 1.54) is 7.05 Å². The van der Waals surface area contributed by atoms with Gasteiger partial charge >= 0.3 is 0 Å². The van der Waals surface area contributed by atoms with Gasteiger partial charge in [-0.15, -0.1) is 10.2 Å². The summed E-state index contributed by atoms with van der Waals surface area (Å²) >= 11 is 0. The Hall–Kier alpha value is -4.56. The molecular formula is C34H38B2N10O3S. The molecule has 2 aliphatic heterocycles. The van der Waals surface area contributed by atoms with Crippen molar-refractivity contribution < 1.29 is 13.8 Å². The number of nitrogens with zero attached hydrogens (tertiary/aromatic N) is 7. The van der Waals surface area contributed by atoms with Crippen LogP contribution in [-0.2, 0) is 20.9 Å². The summed E-state index contributed by atoms with van der Waals surface area (Å²) in [6.07, 6.45) is 4.43. The molecular weight excluding hydrogens is 650 g/mol. The van der Waals surface area contributed by atoms with Crippen LogP contribution in [0.15, 0.2) is 53.7 Å². The van der Waals surface area contributed by atoms with Gasteiger partial charge in [0.1, 0.15) is 5.03 Å². The summed E-state index contributed by atoms with van der Waals surface area (Å²) in [7, 11) is 15.7. The van der Waals surface area contributed by atoms with Crippen LogP contribution in [0, 0.1) is 5.92 Å². The number of carbonyl (C=O) groups excluding carboxylic acids is 2. The van der Waals surface area contributed by atoms with Gasteiger partial charge in [-0.25, -0.2) is 4.98 Å². The molecule has 4 aromatic rings. The highest BCUT2D eigenvalue weighted by molar-refractivity contribution is 7.84. The number of rotatable bonds is 11. The molecule has 1 saturated heterocycles. The molecule has 1 saturated carbocycles. The van der Waals surface area contributed by atoms with Gasteiger partial charge in [0.15, 0.2) is 11.5 Å². The van der Waals surface area contributed by atoms with Gasteiger partial charge in [-0.2, -0.15) is 5.10 Å². The minimum atomic E-state index is -1.33. The van der Waals surface area contributed by atoms with Gasteiger partial charge < -0.3 is 25.8 Å². The monoisotopic (exact) mass is 688 g/mol. The number of benzene rings is 1. The number of fused-ring (bicyclic) bond motifs is 3. The lowest BCUT2D eigenvalue weighted by molar-refractivity contribution is -0.117. The topological polar surface area (TPSA) is 150 Å². The zero-order chi connectivity index (χ0) is 35.3. The summed E-state index contributed by atoms with van der Waals surface area (Å²) in [6.45, 7) is 5.12. The lowest BCUT2D eigenvalue weighted by atomic mass is 9.57. The van der Waals surface area contributed by atoms with Crippen molar-refractivity contribution in [3.05, 3.63) is 65.7 Å². The molecule has 7 rings (SSSR count). The molecule has 13 nitrogen and oxygen atoms in total. The lowest BCUT2D eigenvalue weighted by Gasteiger charge is -2.50. The Morgan fingerprint density at radius 2 is 1.80 bits per heavy atom. The number of amides is 2. The van der Waals surface area contributed by atoms with Crippen molar-refractivity contribution in [1.82, 2.24) is 35.2 Å². The van der Waals surface area contributed by atoms with Crippen molar-refractivity contribution in [3.63, 3.8) is 0 Å². The summed E-state index contributed by atoms with van der Waals surface area (Å²) in [4.78, 5) is 34.0. The number of aromatic nitrogens is 5. The van der Waals surface area contributed by atoms with Crippen LogP contribution in [0.2, 0.25) is 0 Å². The fraction of sp³-hybridized carbons (Fsp3) is 0.412. The Kier molecular flexibility index (Phi) is 9.01. The predicted molar refractivity (Wildman–Crippen MR) is 194 cm³/mol. The minimum absolute atomic E-state index is 0.00784. The molecule has 4 radical (unpaired) electrons. The molecule has 2 unspecified atom stereocenters. The van der Waals surface area contributed by atoms with E-state index in [1.54, 1.807) is 24.3 Å². The third-order valence-corrected chi connectivity index (χ3v) is 11.0. The molecule has 3 N–H and O–H groups in total. The molecule has 0 bridgehead atoms. The largest absolute Gasteiger partial charge is 0.364 e. The van der Waals surface area contributed by atoms with Crippen LogP contribution in [0.3, 0.4) is 0 Å². The smallest absolute Gasteiger partial charge is 0.273 e. The van der Waals surface area contributed by atoms with Gasteiger partial charge in [-0.1, -0.05) is 32.0 Å². The standard InChI is InChI=1S/C34H38B2N10O3S/c1-5-25-31-22(16-38-46(31)20-17-45(18-20)34(35,36)26-11-8-12-28(40-26)50(49)6-2)21-9-7-10-23(30(21)44(25)4)39-24-15-27(41-32(47)19-13-14-19)42-43-29(24)33(48)37-3/h7-12,15-16,19-20,25H,5-6,13-14,17-18H2,1-4H3,(H,37,48)(H2,39,41,42,47). The highest BCUT2D eigenvalue weighted by Crippen LogP contribution is 2.50. The van der Waals surface area contributed by atoms with E-state index in [9.17, 15) is 13.8 Å². The first-order valence-corrected chi connectivity index (χ1v) is 18.2. The summed E-state index contributed by atoms with van der Waals surface area (Å²) < 4.78 is 14.5. The molecule has 1 aromatic carbocycles. The van der Waals surface area contributed by atoms with Crippen molar-refractivity contribution in [2.24, 2.45) is 5.92 Å². The Morgan fingerprint density at radius 1 is 1.04 bits per heavy atom. The minimum Gasteiger partial charge on any atom is -0.364 e. The summed E-state index contributed by atoms with van der Waals surface area (Å²) in [5.41, 5.74) is 5.83. The zero-order valence-electron chi connectivity index (χ0n) is 28.5. The van der Waals surface area contributed by atoms with Crippen LogP contribution in [0.4, 0.5) is 22.9 Å². The van der Waals surface area contributed by atoms with Gasteiger partial charge in [0, 0.05) is 61.7 Å². The van der Waals surface area contributed by atoms with Crippen LogP contribution < -0.4 is 20.9 Å². The summed E-state index contributed by atoms with van der Waals surface area (Å²) in [5.74, 6) is 0.228. The van der Waals surface area contributed by atoms with Crippen molar-refractivity contribution in [2.75, 3.05) is 48.5 Å². The van der Waals surface area contributed by atoms with Crippen LogP contribution in [-0.4, -0.2) is 94.5 Å². The van der Waals surface area contributed by atoms with E-state index in [4.69, 9.17) is 20.8 Å². The van der Waals surface area contributed by atoms with Gasteiger partial charge in [0.25, 0.3) is 5.91 Å². The van der Waals surface area contributed by atoms with E-state index in [0.717, 1.165) is 47.5 Å². The van der Waals surface area contributed by atoms with E-state index >= 15 is 0 Å². The van der Waals surface area contributed by atoms with E-state index < -0.39 is 22.0 Å². The van der Waals surface area contributed by atoms with E-state index in [2.05, 4.69) is 60.8 Å². The molecule has 254 valence electrons. The molecule has 1 aliphatic carbocycles. The number of nitrogens with one attached hydrogen (secondary N) is 3. The fourth-order valence-corrected chi connectivity index (χ4v) is 7.52. The van der Waals surface area contributed by atoms with Gasteiger partial charge in [0.05, 0.1) is 67.5 Å². The number of anilines is 4. The third kappa shape index (κ3) is 5.97. The first kappa shape index (κ1) is 33.9. The summed E-state index contributed by atoms with van der Waals surface area (Å²) in [5, 5.41) is 21.2. The maximum Gasteiger partial charge on any atom is 0.273 e. The number of likely N-dealkylation sites (tertiary alicyclic amines) is 1. The normalized spacial score (nSPS) is 18.1. The van der Waals surface area contributed by atoms with Crippen molar-refractivity contribution in [2.45, 2.75) is 55.6 Å². The highest BCUT2D eigenvalue weighted by Gasteiger charge is 2.43. The molecule has 2 atom stereocenters. The van der Waals surface area contributed by atoms with Crippen LogP contribution in [0.1, 0.15) is 67.1 Å². The fourth-order valence-electron chi connectivity index (χ4n) is 6.79. The number of para-hydroxylation sites is 1. The number of carbonyl (C=O) groups is 2. The van der Waals surface area contributed by atoms with Gasteiger partial charge in [-0.3, -0.25) is 18.5 Å². The maximum atomic E-state index is 12.8. The maximum absolute atomic E-state index is 12.8. The number of hydrogen-bond donors (Lipinski definition) is 3. The Balaban J connectivity index is 1.18. The second kappa shape index (κ2) is 13.3. The van der Waals surface area contributed by atoms with Crippen molar-refractivity contribution >= 4 is 61.2 Å². The molecule has 3 aliphatic rings. The first-order valence-electron chi connectivity index (χ1n) is 16.9. The van der Waals surface area contributed by atoms with E-state index in [-0.39, 0.29) is 35.4 Å². The van der Waals surface area contributed by atoms with Crippen LogP contribution in [0.25, 0.3) is 11.1 Å². The SMILES string of the molecule is [B]C([B])(c1cccc(S(=O)CC)n1)N1CC(n2ncc3c2C(CC)N(C)c2c(Nc4cc(NC(=O)C5CC5)nnc4C(=O)NC)cccc2-3)C1. The molecule has 16 heteroatoms. The number of pyridine rings is 1. The molecule has 2 fully saturated rings. The first-order chi connectivity index (χ1) is 24.0. The Bertz CT molecular complexity index is 2000. The average Bonchev–Trinajstić information content (AvgIpc) is 3.87. The predicted octanol–water partition coefficient (Wildman–Crippen LogP) is 3.22. The Labute approximate surface area is 296 Å². The third-order valence-electron chi connectivity index (χ3n) is 9.75. The second-order valence-corrected chi connectivity index (χ2v) is 14.7. The quantitative estimate of drug-likeness (QED) is 0.201. The molecule has 0 spiro atoms. The van der Waals surface area contributed by atoms with Crippen molar-refractivity contribution in [1.29, 1.82) is 0 Å². The van der Waals surface area contributed by atoms with Gasteiger partial charge in [-0.05, 0) is 42.8 Å². The van der Waals surface area contributed by atoms with Crippen molar-refractivity contribution in [3.8, 4) is 11.1 Å². The highest BCUT2D eigenvalue weighted by atomic mass is 32.2. The molecule has 3 aromatic heterocycles. The Morgan fingerprint density at radius 3 is 2.50 bits per heavy atom. The average molecular weight is 688 g/mol. The van der Waals surface area contributed by atoms with Crippen LogP contribution >= 0.6 is 0 Å². The second-order valence-electron chi connectivity index (χ2n) is 13.0. The molecule has 50 heavy (non-hydrogen) atoms. The molecule has 5 heterocycles. The van der Waals surface area contributed by atoms with Gasteiger partial charge in [0.2, 0.25) is 5.91 Å². The summed E-state index contributed by atoms with van der Waals surface area (Å²) in [6, 6.07) is 12.9. The zero-order valence-corrected chi connectivity index (χ0v) is 29.3. The van der Waals surface area contributed by atoms with Crippen LogP contribution in [0.5, 0.6) is 0 Å². The van der Waals surface area contributed by atoms with E-state index in [1.807, 2.05) is 30.2 Å².